The van der Waals surface area contributed by atoms with E-state index in [4.69, 9.17) is 9.73 Å². The lowest BCUT2D eigenvalue weighted by molar-refractivity contribution is 0.0389. The van der Waals surface area contributed by atoms with Gasteiger partial charge in [0.15, 0.2) is 11.8 Å². The van der Waals surface area contributed by atoms with Gasteiger partial charge in [-0.05, 0) is 37.3 Å². The van der Waals surface area contributed by atoms with Crippen LogP contribution in [0.1, 0.15) is 24.5 Å². The predicted molar refractivity (Wildman–Crippen MR) is 140 cm³/mol. The number of piperidine rings is 1. The smallest absolute Gasteiger partial charge is 0.191 e. The van der Waals surface area contributed by atoms with Crippen LogP contribution in [0.4, 0.5) is 5.00 Å². The summed E-state index contributed by atoms with van der Waals surface area (Å²) in [6.07, 6.45) is 2.20. The number of guanidine groups is 1. The number of nitrogens with one attached hydrogen (secondary N) is 2. The van der Waals surface area contributed by atoms with E-state index in [0.29, 0.717) is 12.6 Å². The van der Waals surface area contributed by atoms with E-state index < -0.39 is 0 Å². The third-order valence-corrected chi connectivity index (χ3v) is 6.97. The van der Waals surface area contributed by atoms with Crippen LogP contribution in [0, 0.1) is 6.92 Å². The Labute approximate surface area is 211 Å². The van der Waals surface area contributed by atoms with Crippen LogP contribution in [0.25, 0.3) is 0 Å². The number of anilines is 1. The second-order valence-corrected chi connectivity index (χ2v) is 9.05. The first-order chi connectivity index (χ1) is 15.2. The number of nitrogens with zero attached hydrogens (tertiary/aromatic N) is 6. The monoisotopic (exact) mass is 574 g/mol. The van der Waals surface area contributed by atoms with E-state index in [-0.39, 0.29) is 24.0 Å². The number of halogens is 1. The lowest BCUT2D eigenvalue weighted by Crippen LogP contribution is -2.50. The average molecular weight is 575 g/mol. The van der Waals surface area contributed by atoms with Crippen molar-refractivity contribution >= 4 is 46.3 Å². The average Bonchev–Trinajstić information content (AvgIpc) is 3.44. The Morgan fingerprint density at radius 3 is 2.66 bits per heavy atom. The Morgan fingerprint density at radius 2 is 2.00 bits per heavy atom. The fraction of sp³-hybridized carbons (Fsp3) is 0.667. The highest BCUT2D eigenvalue weighted by Gasteiger charge is 2.21. The number of thiophene rings is 1. The maximum absolute atomic E-state index is 5.45. The van der Waals surface area contributed by atoms with E-state index in [1.807, 2.05) is 29.9 Å². The number of aromatic nitrogens is 3. The van der Waals surface area contributed by atoms with E-state index in [2.05, 4.69) is 48.1 Å². The largest absolute Gasteiger partial charge is 0.379 e. The summed E-state index contributed by atoms with van der Waals surface area (Å²) in [6.45, 7) is 10.1. The molecule has 4 heterocycles. The molecule has 0 unspecified atom stereocenters. The second kappa shape index (κ2) is 12.7. The minimum absolute atomic E-state index is 0. The Morgan fingerprint density at radius 1 is 1.22 bits per heavy atom. The quantitative estimate of drug-likeness (QED) is 0.297. The zero-order valence-corrected chi connectivity index (χ0v) is 22.1. The topological polar surface area (TPSA) is 82.8 Å². The Balaban J connectivity index is 0.00000289. The van der Waals surface area contributed by atoms with Gasteiger partial charge in [0.25, 0.3) is 0 Å². The fourth-order valence-corrected chi connectivity index (χ4v) is 4.72. The molecule has 4 rings (SSSR count). The molecule has 2 saturated heterocycles. The van der Waals surface area contributed by atoms with Crippen molar-refractivity contribution in [3.05, 3.63) is 29.2 Å². The van der Waals surface area contributed by atoms with Gasteiger partial charge in [0.05, 0.1) is 18.2 Å². The summed E-state index contributed by atoms with van der Waals surface area (Å²) in [4.78, 5) is 9.74. The minimum atomic E-state index is 0. The summed E-state index contributed by atoms with van der Waals surface area (Å²) in [5, 5.41) is 19.1. The van der Waals surface area contributed by atoms with Gasteiger partial charge in [-0.1, -0.05) is 0 Å². The molecule has 178 valence electrons. The van der Waals surface area contributed by atoms with Crippen molar-refractivity contribution in [2.24, 2.45) is 12.0 Å². The van der Waals surface area contributed by atoms with Crippen LogP contribution in [0.5, 0.6) is 0 Å². The molecule has 2 aliphatic rings. The molecule has 11 heteroatoms. The van der Waals surface area contributed by atoms with Gasteiger partial charge in [-0.15, -0.1) is 45.5 Å². The van der Waals surface area contributed by atoms with E-state index in [1.54, 1.807) is 0 Å². The molecule has 0 amide bonds. The second-order valence-electron chi connectivity index (χ2n) is 8.13. The number of ether oxygens (including phenoxy) is 1. The van der Waals surface area contributed by atoms with Gasteiger partial charge in [0.2, 0.25) is 0 Å². The normalized spacial score (nSPS) is 18.4. The van der Waals surface area contributed by atoms with Crippen molar-refractivity contribution < 1.29 is 4.74 Å². The molecule has 0 atom stereocenters. The Bertz CT molecular complexity index is 829. The molecule has 0 spiro atoms. The van der Waals surface area contributed by atoms with E-state index in [0.717, 1.165) is 82.9 Å². The van der Waals surface area contributed by atoms with Crippen LogP contribution < -0.4 is 15.5 Å². The SMILES string of the molecule is Cc1nnc(CN=C(NCCN2CCOCC2)NC2CCN(c3cccs3)CC2)n1C.I. The highest BCUT2D eigenvalue weighted by molar-refractivity contribution is 14.0. The van der Waals surface area contributed by atoms with Gasteiger partial charge < -0.3 is 24.8 Å². The van der Waals surface area contributed by atoms with Crippen molar-refractivity contribution in [3.63, 3.8) is 0 Å². The third kappa shape index (κ3) is 7.03. The zero-order chi connectivity index (χ0) is 21.5. The van der Waals surface area contributed by atoms with Gasteiger partial charge in [0, 0.05) is 52.4 Å². The summed E-state index contributed by atoms with van der Waals surface area (Å²) < 4.78 is 7.44. The minimum Gasteiger partial charge on any atom is -0.379 e. The van der Waals surface area contributed by atoms with Crippen molar-refractivity contribution in [1.29, 1.82) is 0 Å². The molecule has 2 aliphatic heterocycles. The maximum Gasteiger partial charge on any atom is 0.191 e. The summed E-state index contributed by atoms with van der Waals surface area (Å²) >= 11 is 1.82. The molecule has 0 saturated carbocycles. The van der Waals surface area contributed by atoms with Crippen molar-refractivity contribution in [2.45, 2.75) is 32.4 Å². The van der Waals surface area contributed by atoms with Crippen molar-refractivity contribution in [1.82, 2.24) is 30.3 Å². The first-order valence-electron chi connectivity index (χ1n) is 11.2. The van der Waals surface area contributed by atoms with Crippen LogP contribution in [-0.4, -0.2) is 84.1 Å². The molecular formula is C21H35IN8OS. The van der Waals surface area contributed by atoms with Crippen LogP contribution in [0.3, 0.4) is 0 Å². The number of hydrogen-bond acceptors (Lipinski definition) is 7. The third-order valence-electron chi connectivity index (χ3n) is 6.04. The van der Waals surface area contributed by atoms with E-state index in [1.165, 1.54) is 5.00 Å². The predicted octanol–water partition coefficient (Wildman–Crippen LogP) is 1.84. The highest BCUT2D eigenvalue weighted by atomic mass is 127. The molecular weight excluding hydrogens is 539 g/mol. The van der Waals surface area contributed by atoms with Gasteiger partial charge in [0.1, 0.15) is 12.4 Å². The molecule has 2 aromatic rings. The molecule has 0 aliphatic carbocycles. The highest BCUT2D eigenvalue weighted by Crippen LogP contribution is 2.24. The van der Waals surface area contributed by atoms with Gasteiger partial charge in [-0.2, -0.15) is 0 Å². The Kier molecular flexibility index (Phi) is 10.0. The van der Waals surface area contributed by atoms with Gasteiger partial charge >= 0.3 is 0 Å². The van der Waals surface area contributed by atoms with Gasteiger partial charge in [-0.3, -0.25) is 4.90 Å². The number of rotatable bonds is 7. The number of morpholine rings is 1. The molecule has 9 nitrogen and oxygen atoms in total. The van der Waals surface area contributed by atoms with Crippen molar-refractivity contribution in [2.75, 3.05) is 57.4 Å². The summed E-state index contributed by atoms with van der Waals surface area (Å²) in [5.41, 5.74) is 0. The van der Waals surface area contributed by atoms with Crippen molar-refractivity contribution in [3.8, 4) is 0 Å². The van der Waals surface area contributed by atoms with Crippen LogP contribution in [-0.2, 0) is 18.3 Å². The molecule has 0 bridgehead atoms. The zero-order valence-electron chi connectivity index (χ0n) is 19.0. The number of aryl methyl sites for hydroxylation is 1. The first kappa shape index (κ1) is 25.2. The maximum atomic E-state index is 5.45. The van der Waals surface area contributed by atoms with Crippen LogP contribution >= 0.6 is 35.3 Å². The molecule has 2 aromatic heterocycles. The summed E-state index contributed by atoms with van der Waals surface area (Å²) in [5.74, 6) is 2.64. The molecule has 0 radical (unpaired) electrons. The first-order valence-corrected chi connectivity index (χ1v) is 12.1. The number of aliphatic imine (C=N–C) groups is 1. The number of hydrogen-bond donors (Lipinski definition) is 2. The van der Waals surface area contributed by atoms with E-state index in [9.17, 15) is 0 Å². The van der Waals surface area contributed by atoms with Crippen LogP contribution in [0.2, 0.25) is 0 Å². The molecule has 0 aromatic carbocycles. The van der Waals surface area contributed by atoms with Gasteiger partial charge in [-0.25, -0.2) is 4.99 Å². The summed E-state index contributed by atoms with van der Waals surface area (Å²) in [7, 11) is 1.99. The van der Waals surface area contributed by atoms with E-state index >= 15 is 0 Å². The standard InChI is InChI=1S/C21H34N8OS.HI/c1-17-25-26-19(27(17)2)16-23-21(22-7-10-28-11-13-30-14-12-28)24-18-5-8-29(9-6-18)20-4-3-15-31-20;/h3-4,15,18H,5-14,16H2,1-2H3,(H2,22,23,24);1H. The Hall–Kier alpha value is -1.44. The van der Waals surface area contributed by atoms with Crippen LogP contribution in [0.15, 0.2) is 22.5 Å². The summed E-state index contributed by atoms with van der Waals surface area (Å²) in [6, 6.07) is 4.76. The molecule has 2 fully saturated rings. The fourth-order valence-electron chi connectivity index (χ4n) is 3.94. The lowest BCUT2D eigenvalue weighted by atomic mass is 10.1. The lowest BCUT2D eigenvalue weighted by Gasteiger charge is -2.34. The molecule has 2 N–H and O–H groups in total. The molecule has 32 heavy (non-hydrogen) atoms.